The molecule has 0 spiro atoms. The second-order valence-electron chi connectivity index (χ2n) is 5.21. The molecule has 0 aromatic heterocycles. The standard InChI is InChI=1S/C14H26N2O3/c1-4-8-15(6-3)14(19)16-9-7-11(5-2)10-12(16)13(17)18/h11-12H,4-10H2,1-3H3,(H,17,18). The van der Waals surface area contributed by atoms with Gasteiger partial charge in [0.1, 0.15) is 6.04 Å². The topological polar surface area (TPSA) is 60.9 Å². The van der Waals surface area contributed by atoms with Gasteiger partial charge in [0.15, 0.2) is 0 Å². The molecular weight excluding hydrogens is 244 g/mol. The van der Waals surface area contributed by atoms with E-state index in [1.807, 2.05) is 13.8 Å². The molecule has 0 aromatic rings. The molecule has 0 aromatic carbocycles. The molecule has 2 atom stereocenters. The maximum Gasteiger partial charge on any atom is 0.326 e. The van der Waals surface area contributed by atoms with Crippen molar-refractivity contribution in [1.29, 1.82) is 0 Å². The van der Waals surface area contributed by atoms with Gasteiger partial charge in [0.2, 0.25) is 0 Å². The Morgan fingerprint density at radius 1 is 1.32 bits per heavy atom. The van der Waals surface area contributed by atoms with Crippen molar-refractivity contribution in [2.24, 2.45) is 5.92 Å². The Balaban J connectivity index is 2.78. The van der Waals surface area contributed by atoms with Gasteiger partial charge in [0.05, 0.1) is 0 Å². The summed E-state index contributed by atoms with van der Waals surface area (Å²) in [4.78, 5) is 27.1. The summed E-state index contributed by atoms with van der Waals surface area (Å²) in [7, 11) is 0. The molecular formula is C14H26N2O3. The van der Waals surface area contributed by atoms with Crippen LogP contribution in [0.1, 0.15) is 46.5 Å². The number of hydrogen-bond acceptors (Lipinski definition) is 2. The SMILES string of the molecule is CCCN(CC)C(=O)N1CCC(CC)CC1C(=O)O. The number of amides is 2. The van der Waals surface area contributed by atoms with E-state index in [0.29, 0.717) is 32.0 Å². The van der Waals surface area contributed by atoms with E-state index in [1.165, 1.54) is 0 Å². The molecule has 0 bridgehead atoms. The highest BCUT2D eigenvalue weighted by Crippen LogP contribution is 2.26. The van der Waals surface area contributed by atoms with Crippen molar-refractivity contribution >= 4 is 12.0 Å². The minimum absolute atomic E-state index is 0.119. The molecule has 1 heterocycles. The Bertz CT molecular complexity index is 320. The molecule has 0 radical (unpaired) electrons. The van der Waals surface area contributed by atoms with Crippen molar-refractivity contribution in [3.05, 3.63) is 0 Å². The Morgan fingerprint density at radius 2 is 2.00 bits per heavy atom. The second kappa shape index (κ2) is 7.36. The summed E-state index contributed by atoms with van der Waals surface area (Å²) in [5, 5.41) is 9.34. The Kier molecular flexibility index (Phi) is 6.12. The number of urea groups is 1. The Hall–Kier alpha value is -1.26. The number of rotatable bonds is 5. The van der Waals surface area contributed by atoms with Gasteiger partial charge in [-0.05, 0) is 32.1 Å². The predicted molar refractivity (Wildman–Crippen MR) is 74.1 cm³/mol. The lowest BCUT2D eigenvalue weighted by molar-refractivity contribution is -0.144. The van der Waals surface area contributed by atoms with Crippen molar-refractivity contribution in [3.8, 4) is 0 Å². The van der Waals surface area contributed by atoms with Gasteiger partial charge in [-0.2, -0.15) is 0 Å². The summed E-state index contributed by atoms with van der Waals surface area (Å²) < 4.78 is 0. The van der Waals surface area contributed by atoms with Crippen molar-refractivity contribution < 1.29 is 14.7 Å². The van der Waals surface area contributed by atoms with Crippen LogP contribution in [0.5, 0.6) is 0 Å². The van der Waals surface area contributed by atoms with E-state index in [0.717, 1.165) is 19.3 Å². The van der Waals surface area contributed by atoms with Gasteiger partial charge in [0, 0.05) is 19.6 Å². The number of hydrogen-bond donors (Lipinski definition) is 1. The van der Waals surface area contributed by atoms with Crippen molar-refractivity contribution in [2.45, 2.75) is 52.5 Å². The van der Waals surface area contributed by atoms with Crippen molar-refractivity contribution in [3.63, 3.8) is 0 Å². The van der Waals surface area contributed by atoms with Crippen molar-refractivity contribution in [1.82, 2.24) is 9.80 Å². The van der Waals surface area contributed by atoms with E-state index in [1.54, 1.807) is 9.80 Å². The maximum absolute atomic E-state index is 12.4. The molecule has 19 heavy (non-hydrogen) atoms. The average Bonchev–Trinajstić information content (AvgIpc) is 2.43. The third-order valence-electron chi connectivity index (χ3n) is 3.96. The summed E-state index contributed by atoms with van der Waals surface area (Å²) in [6.07, 6.45) is 3.37. The lowest BCUT2D eigenvalue weighted by atomic mass is 9.89. The van der Waals surface area contributed by atoms with Gasteiger partial charge in [-0.25, -0.2) is 9.59 Å². The molecule has 0 saturated carbocycles. The van der Waals surface area contributed by atoms with E-state index in [-0.39, 0.29) is 6.03 Å². The molecule has 1 saturated heterocycles. The minimum Gasteiger partial charge on any atom is -0.480 e. The van der Waals surface area contributed by atoms with Crippen LogP contribution in [0.3, 0.4) is 0 Å². The van der Waals surface area contributed by atoms with Crippen LogP contribution in [0.2, 0.25) is 0 Å². The second-order valence-corrected chi connectivity index (χ2v) is 5.21. The van der Waals surface area contributed by atoms with Crippen LogP contribution in [0.25, 0.3) is 0 Å². The van der Waals surface area contributed by atoms with Gasteiger partial charge >= 0.3 is 12.0 Å². The number of carbonyl (C=O) groups excluding carboxylic acids is 1. The Labute approximate surface area is 115 Å². The largest absolute Gasteiger partial charge is 0.480 e. The monoisotopic (exact) mass is 270 g/mol. The van der Waals surface area contributed by atoms with Crippen LogP contribution < -0.4 is 0 Å². The first-order chi connectivity index (χ1) is 9.04. The fraction of sp³-hybridized carbons (Fsp3) is 0.857. The molecule has 110 valence electrons. The molecule has 1 fully saturated rings. The quantitative estimate of drug-likeness (QED) is 0.834. The van der Waals surface area contributed by atoms with Gasteiger partial charge in [0.25, 0.3) is 0 Å². The summed E-state index contributed by atoms with van der Waals surface area (Å²) in [5.41, 5.74) is 0. The normalized spacial score (nSPS) is 23.2. The highest BCUT2D eigenvalue weighted by Gasteiger charge is 2.36. The van der Waals surface area contributed by atoms with Crippen LogP contribution in [-0.4, -0.2) is 52.6 Å². The smallest absolute Gasteiger partial charge is 0.326 e. The highest BCUT2D eigenvalue weighted by molar-refractivity contribution is 5.83. The van der Waals surface area contributed by atoms with E-state index in [9.17, 15) is 14.7 Å². The van der Waals surface area contributed by atoms with Gasteiger partial charge in [-0.1, -0.05) is 20.3 Å². The first-order valence-electron chi connectivity index (χ1n) is 7.33. The minimum atomic E-state index is -0.876. The summed E-state index contributed by atoms with van der Waals surface area (Å²) in [6, 6.07) is -0.775. The third kappa shape index (κ3) is 3.85. The molecule has 2 unspecified atom stereocenters. The highest BCUT2D eigenvalue weighted by atomic mass is 16.4. The summed E-state index contributed by atoms with van der Waals surface area (Å²) in [5.74, 6) is -0.453. The number of carbonyl (C=O) groups is 2. The zero-order chi connectivity index (χ0) is 14.4. The lowest BCUT2D eigenvalue weighted by Crippen LogP contribution is -2.54. The number of likely N-dealkylation sites (tertiary alicyclic amines) is 1. The molecule has 1 aliphatic heterocycles. The van der Waals surface area contributed by atoms with E-state index < -0.39 is 12.0 Å². The van der Waals surface area contributed by atoms with Crippen LogP contribution >= 0.6 is 0 Å². The van der Waals surface area contributed by atoms with Crippen LogP contribution in [-0.2, 0) is 4.79 Å². The first-order valence-corrected chi connectivity index (χ1v) is 7.33. The van der Waals surface area contributed by atoms with E-state index >= 15 is 0 Å². The molecule has 1 aliphatic rings. The van der Waals surface area contributed by atoms with Gasteiger partial charge in [-0.3, -0.25) is 0 Å². The molecule has 1 N–H and O–H groups in total. The fourth-order valence-electron chi connectivity index (χ4n) is 2.71. The lowest BCUT2D eigenvalue weighted by Gasteiger charge is -2.39. The number of piperidine rings is 1. The number of carboxylic acid groups (broad SMARTS) is 1. The zero-order valence-corrected chi connectivity index (χ0v) is 12.3. The van der Waals surface area contributed by atoms with E-state index in [2.05, 4.69) is 6.92 Å². The Morgan fingerprint density at radius 3 is 2.47 bits per heavy atom. The number of aliphatic carboxylic acids is 1. The van der Waals surface area contributed by atoms with Gasteiger partial charge < -0.3 is 14.9 Å². The molecule has 1 rings (SSSR count). The zero-order valence-electron chi connectivity index (χ0n) is 12.3. The average molecular weight is 270 g/mol. The molecule has 5 heteroatoms. The maximum atomic E-state index is 12.4. The van der Waals surface area contributed by atoms with Crippen LogP contribution in [0.4, 0.5) is 4.79 Å². The fourth-order valence-corrected chi connectivity index (χ4v) is 2.71. The summed E-state index contributed by atoms with van der Waals surface area (Å²) in [6.45, 7) is 7.92. The molecule has 0 aliphatic carbocycles. The number of carboxylic acids is 1. The van der Waals surface area contributed by atoms with Gasteiger partial charge in [-0.15, -0.1) is 0 Å². The first kappa shape index (κ1) is 15.8. The predicted octanol–water partition coefficient (Wildman–Crippen LogP) is 2.41. The third-order valence-corrected chi connectivity index (χ3v) is 3.96. The van der Waals surface area contributed by atoms with Crippen LogP contribution in [0, 0.1) is 5.92 Å². The summed E-state index contributed by atoms with van der Waals surface area (Å²) >= 11 is 0. The van der Waals surface area contributed by atoms with E-state index in [4.69, 9.17) is 0 Å². The molecule has 5 nitrogen and oxygen atoms in total. The number of nitrogens with zero attached hydrogens (tertiary/aromatic N) is 2. The molecule has 2 amide bonds. The van der Waals surface area contributed by atoms with Crippen LogP contribution in [0.15, 0.2) is 0 Å². The van der Waals surface area contributed by atoms with Crippen molar-refractivity contribution in [2.75, 3.05) is 19.6 Å².